The first-order valence-electron chi connectivity index (χ1n) is 5.94. The predicted octanol–water partition coefficient (Wildman–Crippen LogP) is 2.08. The average Bonchev–Trinajstić information content (AvgIpc) is 2.33. The predicted molar refractivity (Wildman–Crippen MR) is 73.7 cm³/mol. The van der Waals surface area contributed by atoms with Crippen molar-refractivity contribution in [3.8, 4) is 0 Å². The molecule has 104 valence electrons. The zero-order valence-corrected chi connectivity index (χ0v) is 11.4. The topological polar surface area (TPSA) is 55.1 Å². The van der Waals surface area contributed by atoms with Crippen LogP contribution < -0.4 is 11.1 Å². The summed E-state index contributed by atoms with van der Waals surface area (Å²) in [6.07, 6.45) is 0.843. The highest BCUT2D eigenvalue weighted by atomic mass is 32.1. The van der Waals surface area contributed by atoms with E-state index in [0.29, 0.717) is 17.8 Å². The van der Waals surface area contributed by atoms with Gasteiger partial charge in [-0.05, 0) is 12.5 Å². The first kappa shape index (κ1) is 15.5. The van der Waals surface area contributed by atoms with Gasteiger partial charge >= 0.3 is 0 Å². The van der Waals surface area contributed by atoms with Crippen LogP contribution in [-0.2, 0) is 11.2 Å². The number of amides is 1. The molecule has 1 rings (SSSR count). The van der Waals surface area contributed by atoms with Gasteiger partial charge in [0.15, 0.2) is 11.6 Å². The fourth-order valence-electron chi connectivity index (χ4n) is 1.68. The summed E-state index contributed by atoms with van der Waals surface area (Å²) >= 11 is 4.78. The number of nitrogens with one attached hydrogen (secondary N) is 1. The van der Waals surface area contributed by atoms with Gasteiger partial charge in [-0.1, -0.05) is 31.3 Å². The molecule has 0 saturated carbocycles. The fourth-order valence-corrected chi connectivity index (χ4v) is 1.88. The molecule has 0 aliphatic heterocycles. The lowest BCUT2D eigenvalue weighted by Crippen LogP contribution is -2.38. The molecule has 0 heterocycles. The van der Waals surface area contributed by atoms with Crippen molar-refractivity contribution in [3.63, 3.8) is 0 Å². The smallest absolute Gasteiger partial charge is 0.224 e. The van der Waals surface area contributed by atoms with E-state index in [1.807, 2.05) is 6.92 Å². The monoisotopic (exact) mass is 286 g/mol. The molecule has 0 aromatic heterocycles. The lowest BCUT2D eigenvalue weighted by Gasteiger charge is -2.16. The molecule has 3 N–H and O–H groups in total. The molecule has 1 aromatic carbocycles. The van der Waals surface area contributed by atoms with Gasteiger partial charge in [-0.25, -0.2) is 8.78 Å². The third-order valence-corrected chi connectivity index (χ3v) is 2.85. The van der Waals surface area contributed by atoms with Crippen LogP contribution in [0.1, 0.15) is 25.3 Å². The minimum absolute atomic E-state index is 0.0303. The van der Waals surface area contributed by atoms with Crippen molar-refractivity contribution < 1.29 is 13.6 Å². The van der Waals surface area contributed by atoms with Gasteiger partial charge < -0.3 is 11.1 Å². The highest BCUT2D eigenvalue weighted by Crippen LogP contribution is 2.12. The largest absolute Gasteiger partial charge is 0.393 e. The van der Waals surface area contributed by atoms with Crippen molar-refractivity contribution in [2.24, 2.45) is 5.73 Å². The maximum absolute atomic E-state index is 13.4. The van der Waals surface area contributed by atoms with Crippen molar-refractivity contribution in [2.75, 3.05) is 0 Å². The van der Waals surface area contributed by atoms with Gasteiger partial charge in [0.05, 0.1) is 11.4 Å². The van der Waals surface area contributed by atoms with Crippen molar-refractivity contribution in [2.45, 2.75) is 32.2 Å². The lowest BCUT2D eigenvalue weighted by molar-refractivity contribution is -0.121. The van der Waals surface area contributed by atoms with Crippen LogP contribution >= 0.6 is 12.2 Å². The van der Waals surface area contributed by atoms with E-state index in [1.54, 1.807) is 0 Å². The normalized spacial score (nSPS) is 11.9. The Morgan fingerprint density at radius 1 is 1.47 bits per heavy atom. The summed E-state index contributed by atoms with van der Waals surface area (Å²) in [5, 5.41) is 2.70. The van der Waals surface area contributed by atoms with Crippen LogP contribution in [-0.4, -0.2) is 16.9 Å². The second-order valence-electron chi connectivity index (χ2n) is 4.23. The van der Waals surface area contributed by atoms with Crippen LogP contribution in [0.15, 0.2) is 18.2 Å². The van der Waals surface area contributed by atoms with E-state index >= 15 is 0 Å². The Hall–Kier alpha value is -1.56. The maximum Gasteiger partial charge on any atom is 0.224 e. The number of hydrogen-bond donors (Lipinski definition) is 2. The third-order valence-electron chi connectivity index (χ3n) is 2.69. The summed E-state index contributed by atoms with van der Waals surface area (Å²) in [5.74, 6) is -2.33. The van der Waals surface area contributed by atoms with E-state index < -0.39 is 11.6 Å². The summed E-state index contributed by atoms with van der Waals surface area (Å²) in [6.45, 7) is 1.88. The van der Waals surface area contributed by atoms with E-state index in [9.17, 15) is 13.6 Å². The van der Waals surface area contributed by atoms with E-state index in [4.69, 9.17) is 18.0 Å². The van der Waals surface area contributed by atoms with E-state index in [2.05, 4.69) is 5.32 Å². The lowest BCUT2D eigenvalue weighted by atomic mass is 10.1. The molecule has 1 atom stereocenters. The van der Waals surface area contributed by atoms with Crippen molar-refractivity contribution in [3.05, 3.63) is 35.4 Å². The van der Waals surface area contributed by atoms with Gasteiger partial charge in [-0.2, -0.15) is 0 Å². The summed E-state index contributed by atoms with van der Waals surface area (Å²) in [6, 6.07) is 3.58. The number of nitrogens with two attached hydrogens (primary N) is 1. The molecule has 0 fully saturated rings. The molecule has 1 aromatic rings. The number of carbonyl (C=O) groups excluding carboxylic acids is 1. The van der Waals surface area contributed by atoms with Gasteiger partial charge in [0.1, 0.15) is 0 Å². The molecular weight excluding hydrogens is 270 g/mol. The van der Waals surface area contributed by atoms with Crippen molar-refractivity contribution >= 4 is 23.1 Å². The van der Waals surface area contributed by atoms with Gasteiger partial charge in [0.25, 0.3) is 0 Å². The van der Waals surface area contributed by atoms with Crippen LogP contribution in [0.5, 0.6) is 0 Å². The summed E-state index contributed by atoms with van der Waals surface area (Å²) < 4.78 is 26.4. The Balaban J connectivity index is 2.64. The summed E-state index contributed by atoms with van der Waals surface area (Å²) in [5.41, 5.74) is 5.44. The number of benzene rings is 1. The average molecular weight is 286 g/mol. The third kappa shape index (κ3) is 4.90. The number of rotatable bonds is 6. The molecule has 0 saturated heterocycles. The second-order valence-corrected chi connectivity index (χ2v) is 4.76. The minimum Gasteiger partial charge on any atom is -0.393 e. The standard InChI is InChI=1S/C13H16F2N2OS/c1-2-9(7-11(16)19)17-12(18)6-8-4-3-5-10(14)13(8)15/h3-5,9H,2,6-7H2,1H3,(H2,16,19)(H,17,18). The van der Waals surface area contributed by atoms with E-state index in [1.165, 1.54) is 12.1 Å². The minimum atomic E-state index is -0.986. The van der Waals surface area contributed by atoms with Crippen LogP contribution in [0, 0.1) is 11.6 Å². The van der Waals surface area contributed by atoms with Gasteiger partial charge in [-0.3, -0.25) is 4.79 Å². The number of hydrogen-bond acceptors (Lipinski definition) is 2. The number of halogens is 2. The summed E-state index contributed by atoms with van der Waals surface area (Å²) in [7, 11) is 0. The Kier molecular flexibility index (Phi) is 5.82. The van der Waals surface area contributed by atoms with Gasteiger partial charge in [-0.15, -0.1) is 0 Å². The molecule has 0 aliphatic rings. The highest BCUT2D eigenvalue weighted by Gasteiger charge is 2.15. The van der Waals surface area contributed by atoms with Gasteiger partial charge in [0, 0.05) is 18.0 Å². The first-order valence-corrected chi connectivity index (χ1v) is 6.35. The SMILES string of the molecule is CCC(CC(N)=S)NC(=O)Cc1cccc(F)c1F. The first-order chi connectivity index (χ1) is 8.93. The molecule has 1 amide bonds. The Morgan fingerprint density at radius 2 is 2.16 bits per heavy atom. The molecular formula is C13H16F2N2OS. The number of carbonyl (C=O) groups is 1. The maximum atomic E-state index is 13.4. The molecule has 0 aliphatic carbocycles. The van der Waals surface area contributed by atoms with Crippen LogP contribution in [0.2, 0.25) is 0 Å². The Bertz CT molecular complexity index is 480. The highest BCUT2D eigenvalue weighted by molar-refractivity contribution is 7.80. The fraction of sp³-hybridized carbons (Fsp3) is 0.385. The molecule has 6 heteroatoms. The zero-order chi connectivity index (χ0) is 14.4. The zero-order valence-electron chi connectivity index (χ0n) is 10.6. The molecule has 1 unspecified atom stereocenters. The quantitative estimate of drug-likeness (QED) is 0.787. The summed E-state index contributed by atoms with van der Waals surface area (Å²) in [4.78, 5) is 12.1. The molecule has 0 spiro atoms. The van der Waals surface area contributed by atoms with Crippen LogP contribution in [0.3, 0.4) is 0 Å². The van der Waals surface area contributed by atoms with E-state index in [0.717, 1.165) is 6.07 Å². The van der Waals surface area contributed by atoms with Crippen molar-refractivity contribution in [1.29, 1.82) is 0 Å². The molecule has 0 radical (unpaired) electrons. The Morgan fingerprint density at radius 3 is 2.74 bits per heavy atom. The van der Waals surface area contributed by atoms with E-state index in [-0.39, 0.29) is 23.9 Å². The van der Waals surface area contributed by atoms with Crippen LogP contribution in [0.4, 0.5) is 8.78 Å². The molecule has 3 nitrogen and oxygen atoms in total. The second kappa shape index (κ2) is 7.13. The molecule has 19 heavy (non-hydrogen) atoms. The van der Waals surface area contributed by atoms with Crippen LogP contribution in [0.25, 0.3) is 0 Å². The Labute approximate surface area is 116 Å². The van der Waals surface area contributed by atoms with Crippen molar-refractivity contribution in [1.82, 2.24) is 5.32 Å². The number of thiocarbonyl (C=S) groups is 1. The molecule has 0 bridgehead atoms. The van der Waals surface area contributed by atoms with Gasteiger partial charge in [0.2, 0.25) is 5.91 Å².